The number of halogens is 1. The normalized spacial score (nSPS) is 20.8. The number of aromatic nitrogens is 1. The van der Waals surface area contributed by atoms with Gasteiger partial charge in [0.05, 0.1) is 4.70 Å². The van der Waals surface area contributed by atoms with E-state index in [0.717, 1.165) is 51.8 Å². The highest BCUT2D eigenvalue weighted by Gasteiger charge is 2.29. The second-order valence-corrected chi connectivity index (χ2v) is 10.1. The smallest absolute Gasteiger partial charge is 0.140 e. The minimum atomic E-state index is -0.553. The van der Waals surface area contributed by atoms with Crippen molar-refractivity contribution in [1.29, 1.82) is 0 Å². The lowest BCUT2D eigenvalue weighted by atomic mass is 9.90. The predicted molar refractivity (Wildman–Crippen MR) is 129 cm³/mol. The Morgan fingerprint density at radius 2 is 2.09 bits per heavy atom. The Morgan fingerprint density at radius 3 is 2.91 bits per heavy atom. The largest absolute Gasteiger partial charge is 0.490 e. The number of aliphatic hydroxyl groups excluding tert-OH is 1. The van der Waals surface area contributed by atoms with E-state index >= 15 is 0 Å². The van der Waals surface area contributed by atoms with Crippen molar-refractivity contribution in [3.8, 4) is 5.75 Å². The minimum absolute atomic E-state index is 0.127. The minimum Gasteiger partial charge on any atom is -0.490 e. The number of fused-ring (bicyclic) bond motifs is 2. The molecule has 1 aliphatic heterocycles. The summed E-state index contributed by atoms with van der Waals surface area (Å²) in [4.78, 5) is 6.94. The first-order chi connectivity index (χ1) is 15.5. The first-order valence-electron chi connectivity index (χ1n) is 11.3. The summed E-state index contributed by atoms with van der Waals surface area (Å²) in [6.07, 6.45) is 1.49. The molecule has 2 aromatic heterocycles. The van der Waals surface area contributed by atoms with Crippen LogP contribution in [-0.2, 0) is 0 Å². The summed E-state index contributed by atoms with van der Waals surface area (Å²) < 4.78 is 20.8. The van der Waals surface area contributed by atoms with Crippen molar-refractivity contribution in [1.82, 2.24) is 9.88 Å². The summed E-state index contributed by atoms with van der Waals surface area (Å²) in [5.74, 6) is 1.12. The van der Waals surface area contributed by atoms with E-state index in [1.165, 1.54) is 10.9 Å². The maximum absolute atomic E-state index is 14.1. The Morgan fingerprint density at radius 1 is 1.25 bits per heavy atom. The molecule has 0 saturated carbocycles. The SMILES string of the molecule is Cc1cc2c(OC[C@@H](O)CN3CC[C@H](c4cc5cccc(F)c5s4)C[C@@H]3C)cccc2[nH]1. The number of rotatable bonds is 6. The third-order valence-electron chi connectivity index (χ3n) is 6.57. The highest BCUT2D eigenvalue weighted by atomic mass is 32.1. The molecule has 32 heavy (non-hydrogen) atoms. The first-order valence-corrected chi connectivity index (χ1v) is 12.1. The van der Waals surface area contributed by atoms with Crippen LogP contribution in [0.5, 0.6) is 5.75 Å². The maximum atomic E-state index is 14.1. The van der Waals surface area contributed by atoms with Gasteiger partial charge in [-0.2, -0.15) is 0 Å². The van der Waals surface area contributed by atoms with Crippen LogP contribution in [0.1, 0.15) is 36.3 Å². The molecule has 3 atom stereocenters. The van der Waals surface area contributed by atoms with Crippen LogP contribution in [0, 0.1) is 12.7 Å². The molecule has 1 fully saturated rings. The van der Waals surface area contributed by atoms with E-state index in [1.54, 1.807) is 17.4 Å². The van der Waals surface area contributed by atoms with Crippen LogP contribution >= 0.6 is 11.3 Å². The summed E-state index contributed by atoms with van der Waals surface area (Å²) >= 11 is 1.59. The molecule has 4 nitrogen and oxygen atoms in total. The summed E-state index contributed by atoms with van der Waals surface area (Å²) in [5, 5.41) is 12.7. The Bertz CT molecular complexity index is 1230. The van der Waals surface area contributed by atoms with Gasteiger partial charge in [-0.1, -0.05) is 18.2 Å². The molecule has 3 heterocycles. The monoisotopic (exact) mass is 452 g/mol. The lowest BCUT2D eigenvalue weighted by Crippen LogP contribution is -2.45. The van der Waals surface area contributed by atoms with Gasteiger partial charge in [-0.05, 0) is 74.9 Å². The van der Waals surface area contributed by atoms with Crippen molar-refractivity contribution in [2.45, 2.75) is 44.8 Å². The number of likely N-dealkylation sites (tertiary alicyclic amines) is 1. The van der Waals surface area contributed by atoms with Crippen molar-refractivity contribution in [2.75, 3.05) is 19.7 Å². The molecule has 168 valence electrons. The van der Waals surface area contributed by atoms with Crippen LogP contribution in [0.3, 0.4) is 0 Å². The fraction of sp³-hybridized carbons (Fsp3) is 0.385. The number of benzene rings is 2. The number of H-pyrrole nitrogens is 1. The molecule has 0 spiro atoms. The van der Waals surface area contributed by atoms with Gasteiger partial charge in [0, 0.05) is 34.1 Å². The number of hydrogen-bond donors (Lipinski definition) is 2. The molecule has 1 aliphatic rings. The van der Waals surface area contributed by atoms with Crippen molar-refractivity contribution >= 4 is 32.3 Å². The number of ether oxygens (including phenoxy) is 1. The molecule has 2 aromatic carbocycles. The van der Waals surface area contributed by atoms with Gasteiger partial charge in [0.2, 0.25) is 0 Å². The average molecular weight is 453 g/mol. The molecule has 6 heteroatoms. The zero-order valence-electron chi connectivity index (χ0n) is 18.5. The number of aromatic amines is 1. The van der Waals surface area contributed by atoms with Gasteiger partial charge in [0.25, 0.3) is 0 Å². The van der Waals surface area contributed by atoms with Crippen LogP contribution in [0.25, 0.3) is 21.0 Å². The molecule has 0 unspecified atom stereocenters. The average Bonchev–Trinajstić information content (AvgIpc) is 3.37. The van der Waals surface area contributed by atoms with Gasteiger partial charge >= 0.3 is 0 Å². The molecule has 0 aliphatic carbocycles. The highest BCUT2D eigenvalue weighted by Crippen LogP contribution is 2.39. The molecule has 4 aromatic rings. The van der Waals surface area contributed by atoms with Crippen molar-refractivity contribution < 1.29 is 14.2 Å². The van der Waals surface area contributed by atoms with Crippen LogP contribution in [0.4, 0.5) is 4.39 Å². The van der Waals surface area contributed by atoms with Crippen molar-refractivity contribution in [3.63, 3.8) is 0 Å². The summed E-state index contributed by atoms with van der Waals surface area (Å²) in [6, 6.07) is 15.8. The fourth-order valence-electron chi connectivity index (χ4n) is 4.90. The lowest BCUT2D eigenvalue weighted by Gasteiger charge is -2.38. The molecular weight excluding hydrogens is 423 g/mol. The standard InChI is InChI=1S/C26H29FN2O2S/c1-16-11-21-23(28-16)7-4-8-24(21)31-15-20(30)14-29-10-9-18(12-17(29)2)25-13-19-5-3-6-22(27)26(19)32-25/h3-8,11,13,17-18,20,28,30H,9-10,12,14-15H2,1-2H3/t17-,18-,20-/m0/s1. The van der Waals surface area contributed by atoms with E-state index in [9.17, 15) is 9.50 Å². The van der Waals surface area contributed by atoms with Gasteiger partial charge in [-0.3, -0.25) is 4.90 Å². The third kappa shape index (κ3) is 4.27. The lowest BCUT2D eigenvalue weighted by molar-refractivity contribution is 0.0408. The van der Waals surface area contributed by atoms with E-state index in [2.05, 4.69) is 28.9 Å². The van der Waals surface area contributed by atoms with Gasteiger partial charge in [-0.15, -0.1) is 11.3 Å². The Labute approximate surface area is 191 Å². The second kappa shape index (κ2) is 8.85. The number of hydrogen-bond acceptors (Lipinski definition) is 4. The van der Waals surface area contributed by atoms with E-state index in [4.69, 9.17) is 4.74 Å². The summed E-state index contributed by atoms with van der Waals surface area (Å²) in [7, 11) is 0. The van der Waals surface area contributed by atoms with Gasteiger partial charge in [-0.25, -0.2) is 4.39 Å². The highest BCUT2D eigenvalue weighted by molar-refractivity contribution is 7.19. The van der Waals surface area contributed by atoms with Crippen LogP contribution in [0.2, 0.25) is 0 Å². The second-order valence-electron chi connectivity index (χ2n) is 9.01. The fourth-order valence-corrected chi connectivity index (χ4v) is 6.11. The molecular formula is C26H29FN2O2S. The van der Waals surface area contributed by atoms with Gasteiger partial charge < -0.3 is 14.8 Å². The molecule has 1 saturated heterocycles. The molecule has 0 radical (unpaired) electrons. The number of aliphatic hydroxyl groups is 1. The predicted octanol–water partition coefficient (Wildman–Crippen LogP) is 5.84. The van der Waals surface area contributed by atoms with Crippen LogP contribution in [-0.4, -0.2) is 46.8 Å². The van der Waals surface area contributed by atoms with Gasteiger partial charge in [0.15, 0.2) is 0 Å². The zero-order chi connectivity index (χ0) is 22.2. The maximum Gasteiger partial charge on any atom is 0.140 e. The number of piperidine rings is 1. The molecule has 0 bridgehead atoms. The Balaban J connectivity index is 1.18. The van der Waals surface area contributed by atoms with Crippen molar-refractivity contribution in [2.24, 2.45) is 0 Å². The topological polar surface area (TPSA) is 48.5 Å². The summed E-state index contributed by atoms with van der Waals surface area (Å²) in [5.41, 5.74) is 2.14. The van der Waals surface area contributed by atoms with E-state index in [1.807, 2.05) is 31.2 Å². The molecule has 0 amide bonds. The quantitative estimate of drug-likeness (QED) is 0.386. The third-order valence-corrected chi connectivity index (χ3v) is 7.89. The molecule has 2 N–H and O–H groups in total. The van der Waals surface area contributed by atoms with Crippen LogP contribution < -0.4 is 4.74 Å². The van der Waals surface area contributed by atoms with Gasteiger partial charge in [0.1, 0.15) is 24.3 Å². The number of aryl methyl sites for hydroxylation is 1. The number of β-amino-alcohol motifs (C(OH)–C–C–N with tert-alkyl or cyclic N) is 1. The Hall–Kier alpha value is -2.41. The Kier molecular flexibility index (Phi) is 5.93. The summed E-state index contributed by atoms with van der Waals surface area (Å²) in [6.45, 7) is 6.03. The first kappa shape index (κ1) is 21.4. The number of thiophene rings is 1. The number of nitrogens with zero attached hydrogens (tertiary/aromatic N) is 1. The molecule has 5 rings (SSSR count). The van der Waals surface area contributed by atoms with E-state index in [-0.39, 0.29) is 12.4 Å². The van der Waals surface area contributed by atoms with E-state index in [0.29, 0.717) is 18.5 Å². The zero-order valence-corrected chi connectivity index (χ0v) is 19.3. The van der Waals surface area contributed by atoms with E-state index < -0.39 is 6.10 Å². The number of nitrogens with one attached hydrogen (secondary N) is 1. The van der Waals surface area contributed by atoms with Crippen molar-refractivity contribution in [3.05, 3.63) is 64.9 Å². The van der Waals surface area contributed by atoms with Crippen LogP contribution in [0.15, 0.2) is 48.5 Å².